The van der Waals surface area contributed by atoms with Crippen LogP contribution in [0.5, 0.6) is 0 Å². The minimum Gasteiger partial charge on any atom is -0.388 e. The molecular weight excluding hydrogens is 238 g/mol. The highest BCUT2D eigenvalue weighted by Crippen LogP contribution is 2.41. The molecule has 108 valence electrons. The highest BCUT2D eigenvalue weighted by Gasteiger charge is 2.34. The van der Waals surface area contributed by atoms with Crippen molar-refractivity contribution in [3.63, 3.8) is 0 Å². The maximum atomic E-state index is 10.3. The quantitative estimate of drug-likeness (QED) is 0.906. The second kappa shape index (κ2) is 4.95. The van der Waals surface area contributed by atoms with Gasteiger partial charge in [-0.3, -0.25) is 0 Å². The van der Waals surface area contributed by atoms with Crippen LogP contribution in [0.15, 0.2) is 12.3 Å². The van der Waals surface area contributed by atoms with Gasteiger partial charge in [-0.15, -0.1) is 0 Å². The lowest BCUT2D eigenvalue weighted by Crippen LogP contribution is -2.33. The minimum absolute atomic E-state index is 0.165. The minimum atomic E-state index is -0.324. The fourth-order valence-electron chi connectivity index (χ4n) is 3.18. The molecule has 0 aromatic carbocycles. The Hall–Kier alpha value is -0.800. The van der Waals surface area contributed by atoms with E-state index in [1.165, 1.54) is 5.69 Å². The van der Waals surface area contributed by atoms with Gasteiger partial charge < -0.3 is 14.4 Å². The molecule has 0 aliphatic heterocycles. The van der Waals surface area contributed by atoms with Gasteiger partial charge in [-0.05, 0) is 45.1 Å². The largest absolute Gasteiger partial charge is 0.388 e. The molecule has 1 aliphatic carbocycles. The Balaban J connectivity index is 2.26. The number of ether oxygens (including phenoxy) is 1. The zero-order valence-electron chi connectivity index (χ0n) is 12.9. The average Bonchev–Trinajstić information content (AvgIpc) is 2.59. The van der Waals surface area contributed by atoms with Gasteiger partial charge in [0.2, 0.25) is 0 Å². The lowest BCUT2D eigenvalue weighted by atomic mass is 9.75. The Morgan fingerprint density at radius 2 is 2.16 bits per heavy atom. The van der Waals surface area contributed by atoms with Gasteiger partial charge in [0.1, 0.15) is 0 Å². The second-order valence-electron chi connectivity index (χ2n) is 7.10. The smallest absolute Gasteiger partial charge is 0.0812 e. The summed E-state index contributed by atoms with van der Waals surface area (Å²) in [6.07, 6.45) is 3.64. The SMILES string of the molecule is CCOC(C)(C)Cn1ccc2c1CC(C)(C)CC2O. The third-order valence-electron chi connectivity index (χ3n) is 3.95. The average molecular weight is 265 g/mol. The van der Waals surface area contributed by atoms with Gasteiger partial charge in [-0.25, -0.2) is 0 Å². The highest BCUT2D eigenvalue weighted by molar-refractivity contribution is 5.29. The van der Waals surface area contributed by atoms with Crippen LogP contribution in [-0.2, 0) is 17.7 Å². The second-order valence-corrected chi connectivity index (χ2v) is 7.10. The maximum Gasteiger partial charge on any atom is 0.0812 e. The van der Waals surface area contributed by atoms with Crippen LogP contribution in [-0.4, -0.2) is 21.9 Å². The van der Waals surface area contributed by atoms with E-state index in [9.17, 15) is 5.11 Å². The number of nitrogens with zero attached hydrogens (tertiary/aromatic N) is 1. The summed E-state index contributed by atoms with van der Waals surface area (Å²) in [6, 6.07) is 2.07. The number of hydrogen-bond donors (Lipinski definition) is 1. The van der Waals surface area contributed by atoms with Crippen LogP contribution in [0.4, 0.5) is 0 Å². The van der Waals surface area contributed by atoms with E-state index >= 15 is 0 Å². The monoisotopic (exact) mass is 265 g/mol. The van der Waals surface area contributed by atoms with Crippen molar-refractivity contribution >= 4 is 0 Å². The number of rotatable bonds is 4. The molecule has 3 nitrogen and oxygen atoms in total. The molecule has 3 heteroatoms. The summed E-state index contributed by atoms with van der Waals surface area (Å²) in [5.74, 6) is 0. The summed E-state index contributed by atoms with van der Waals surface area (Å²) in [5, 5.41) is 10.3. The Bertz CT molecular complexity index is 446. The van der Waals surface area contributed by atoms with Gasteiger partial charge >= 0.3 is 0 Å². The molecule has 0 radical (unpaired) electrons. The van der Waals surface area contributed by atoms with Crippen LogP contribution in [0.2, 0.25) is 0 Å². The van der Waals surface area contributed by atoms with Crippen LogP contribution in [0.25, 0.3) is 0 Å². The normalized spacial score (nSPS) is 22.3. The lowest BCUT2D eigenvalue weighted by molar-refractivity contribution is -0.0234. The first-order valence-electron chi connectivity index (χ1n) is 7.24. The molecule has 0 saturated heterocycles. The number of fused-ring (bicyclic) bond motifs is 1. The molecule has 1 aliphatic rings. The van der Waals surface area contributed by atoms with E-state index < -0.39 is 0 Å². The number of hydrogen-bond acceptors (Lipinski definition) is 2. The van der Waals surface area contributed by atoms with Crippen molar-refractivity contribution in [3.8, 4) is 0 Å². The molecule has 1 heterocycles. The molecule has 1 aromatic heterocycles. The van der Waals surface area contributed by atoms with Crippen molar-refractivity contribution in [1.29, 1.82) is 0 Å². The van der Waals surface area contributed by atoms with E-state index in [-0.39, 0.29) is 17.1 Å². The van der Waals surface area contributed by atoms with Crippen LogP contribution >= 0.6 is 0 Å². The van der Waals surface area contributed by atoms with E-state index in [1.807, 2.05) is 6.92 Å². The van der Waals surface area contributed by atoms with Gasteiger partial charge in [0, 0.05) is 24.1 Å². The van der Waals surface area contributed by atoms with Gasteiger partial charge in [0.15, 0.2) is 0 Å². The van der Waals surface area contributed by atoms with Crippen molar-refractivity contribution in [1.82, 2.24) is 4.57 Å². The molecule has 0 saturated carbocycles. The predicted molar refractivity (Wildman–Crippen MR) is 77.2 cm³/mol. The first kappa shape index (κ1) is 14.6. The standard InChI is InChI=1S/C16H27NO2/c1-6-19-16(4,5)11-17-8-7-12-13(17)9-15(2,3)10-14(12)18/h7-8,14,18H,6,9-11H2,1-5H3. The molecule has 1 aromatic rings. The zero-order valence-corrected chi connectivity index (χ0v) is 12.9. The summed E-state index contributed by atoms with van der Waals surface area (Å²) < 4.78 is 8.05. The van der Waals surface area contributed by atoms with Crippen molar-refractivity contribution < 1.29 is 9.84 Å². The summed E-state index contributed by atoms with van der Waals surface area (Å²) in [7, 11) is 0. The van der Waals surface area contributed by atoms with E-state index in [2.05, 4.69) is 44.5 Å². The third kappa shape index (κ3) is 3.21. The summed E-state index contributed by atoms with van der Waals surface area (Å²) >= 11 is 0. The van der Waals surface area contributed by atoms with Crippen LogP contribution in [0.1, 0.15) is 58.4 Å². The van der Waals surface area contributed by atoms with Gasteiger partial charge in [-0.2, -0.15) is 0 Å². The molecule has 2 rings (SSSR count). The molecule has 0 fully saturated rings. The number of aliphatic hydroxyl groups is 1. The highest BCUT2D eigenvalue weighted by atomic mass is 16.5. The van der Waals surface area contributed by atoms with Gasteiger partial charge in [-0.1, -0.05) is 13.8 Å². The maximum absolute atomic E-state index is 10.3. The van der Waals surface area contributed by atoms with Crippen molar-refractivity contribution in [2.45, 2.75) is 65.7 Å². The Morgan fingerprint density at radius 3 is 2.79 bits per heavy atom. The van der Waals surface area contributed by atoms with Gasteiger partial charge in [0.05, 0.1) is 18.2 Å². The topological polar surface area (TPSA) is 34.4 Å². The first-order valence-corrected chi connectivity index (χ1v) is 7.24. The first-order chi connectivity index (χ1) is 8.74. The Labute approximate surface area is 116 Å². The fraction of sp³-hybridized carbons (Fsp3) is 0.750. The van der Waals surface area contributed by atoms with E-state index in [0.29, 0.717) is 0 Å². The van der Waals surface area contributed by atoms with Crippen molar-refractivity contribution in [2.75, 3.05) is 6.61 Å². The molecule has 1 unspecified atom stereocenters. The van der Waals surface area contributed by atoms with E-state index in [0.717, 1.165) is 31.6 Å². The molecular formula is C16H27NO2. The molecule has 1 N–H and O–H groups in total. The number of aromatic nitrogens is 1. The van der Waals surface area contributed by atoms with Gasteiger partial charge in [0.25, 0.3) is 0 Å². The molecule has 0 spiro atoms. The Morgan fingerprint density at radius 1 is 1.47 bits per heavy atom. The molecule has 19 heavy (non-hydrogen) atoms. The van der Waals surface area contributed by atoms with Crippen molar-refractivity contribution in [3.05, 3.63) is 23.5 Å². The van der Waals surface area contributed by atoms with Crippen molar-refractivity contribution in [2.24, 2.45) is 5.41 Å². The predicted octanol–water partition coefficient (Wildman–Crippen LogP) is 3.31. The molecule has 0 bridgehead atoms. The van der Waals surface area contributed by atoms with Crippen LogP contribution in [0.3, 0.4) is 0 Å². The summed E-state index contributed by atoms with van der Waals surface area (Å²) in [5.41, 5.74) is 2.37. The fourth-order valence-corrected chi connectivity index (χ4v) is 3.18. The van der Waals surface area contributed by atoms with Crippen LogP contribution in [0, 0.1) is 5.41 Å². The third-order valence-corrected chi connectivity index (χ3v) is 3.95. The molecule has 0 amide bonds. The summed E-state index contributed by atoms with van der Waals surface area (Å²) in [4.78, 5) is 0. The number of aliphatic hydroxyl groups excluding tert-OH is 1. The Kier molecular flexibility index (Phi) is 3.80. The van der Waals surface area contributed by atoms with E-state index in [4.69, 9.17) is 4.74 Å². The zero-order chi connectivity index (χ0) is 14.3. The van der Waals surface area contributed by atoms with Crippen LogP contribution < -0.4 is 0 Å². The lowest BCUT2D eigenvalue weighted by Gasteiger charge is -2.35. The molecule has 1 atom stereocenters. The summed E-state index contributed by atoms with van der Waals surface area (Å²) in [6.45, 7) is 12.3. The van der Waals surface area contributed by atoms with E-state index in [1.54, 1.807) is 0 Å².